The van der Waals surface area contributed by atoms with Gasteiger partial charge >= 0.3 is 0 Å². The van der Waals surface area contributed by atoms with Crippen LogP contribution in [0.25, 0.3) is 5.70 Å². The quantitative estimate of drug-likeness (QED) is 0.600. The summed E-state index contributed by atoms with van der Waals surface area (Å²) in [6.07, 6.45) is 3.71. The molecule has 0 fully saturated rings. The van der Waals surface area contributed by atoms with E-state index < -0.39 is 0 Å². The number of nitrogens with zero attached hydrogens (tertiary/aromatic N) is 3. The second-order valence-corrected chi connectivity index (χ2v) is 6.92. The topological polar surface area (TPSA) is 42.7 Å². The highest BCUT2D eigenvalue weighted by atomic mass is 127. The SMILES string of the molecule is Clc1cccc(C2C=C(c3ccc(I)cc3)Nc3ncnn32)c1. The van der Waals surface area contributed by atoms with Crippen molar-refractivity contribution in [2.75, 3.05) is 5.32 Å². The van der Waals surface area contributed by atoms with E-state index in [1.54, 1.807) is 6.33 Å². The predicted molar refractivity (Wildman–Crippen MR) is 100 cm³/mol. The molecule has 2 heterocycles. The predicted octanol–water partition coefficient (Wildman–Crippen LogP) is 4.59. The van der Waals surface area contributed by atoms with Crippen molar-refractivity contribution >= 4 is 45.8 Å². The summed E-state index contributed by atoms with van der Waals surface area (Å²) in [5.41, 5.74) is 3.22. The maximum absolute atomic E-state index is 6.15. The molecule has 0 radical (unpaired) electrons. The van der Waals surface area contributed by atoms with E-state index in [1.165, 1.54) is 3.57 Å². The number of halogens is 2. The van der Waals surface area contributed by atoms with Crippen LogP contribution in [-0.4, -0.2) is 14.8 Å². The molecular formula is C17H12ClIN4. The Morgan fingerprint density at radius 3 is 2.74 bits per heavy atom. The summed E-state index contributed by atoms with van der Waals surface area (Å²) in [6.45, 7) is 0. The van der Waals surface area contributed by atoms with Gasteiger partial charge in [0.1, 0.15) is 12.4 Å². The number of rotatable bonds is 2. The van der Waals surface area contributed by atoms with Crippen LogP contribution in [0.15, 0.2) is 60.9 Å². The first-order valence-electron chi connectivity index (χ1n) is 7.10. The van der Waals surface area contributed by atoms with Crippen molar-refractivity contribution in [1.82, 2.24) is 14.8 Å². The van der Waals surface area contributed by atoms with Gasteiger partial charge in [-0.25, -0.2) is 4.68 Å². The van der Waals surface area contributed by atoms with Gasteiger partial charge in [0, 0.05) is 14.3 Å². The van der Waals surface area contributed by atoms with Crippen molar-refractivity contribution in [3.8, 4) is 0 Å². The molecule has 4 nitrogen and oxygen atoms in total. The van der Waals surface area contributed by atoms with E-state index >= 15 is 0 Å². The maximum Gasteiger partial charge on any atom is 0.226 e. The van der Waals surface area contributed by atoms with Crippen LogP contribution in [0, 0.1) is 3.57 Å². The summed E-state index contributed by atoms with van der Waals surface area (Å²) in [7, 11) is 0. The minimum Gasteiger partial charge on any atom is -0.324 e. The van der Waals surface area contributed by atoms with Gasteiger partial charge in [-0.1, -0.05) is 35.9 Å². The van der Waals surface area contributed by atoms with Crippen LogP contribution < -0.4 is 5.32 Å². The van der Waals surface area contributed by atoms with E-state index in [2.05, 4.69) is 74.4 Å². The van der Waals surface area contributed by atoms with E-state index in [0.717, 1.165) is 22.8 Å². The molecule has 0 spiro atoms. The molecule has 1 N–H and O–H groups in total. The minimum absolute atomic E-state index is 0.0401. The molecule has 1 aromatic heterocycles. The molecule has 4 rings (SSSR count). The molecule has 0 aliphatic carbocycles. The van der Waals surface area contributed by atoms with Crippen LogP contribution in [0.5, 0.6) is 0 Å². The van der Waals surface area contributed by atoms with E-state index in [0.29, 0.717) is 5.02 Å². The molecule has 0 saturated heterocycles. The van der Waals surface area contributed by atoms with Crippen molar-refractivity contribution in [3.05, 3.63) is 80.7 Å². The molecule has 0 saturated carbocycles. The Labute approximate surface area is 152 Å². The highest BCUT2D eigenvalue weighted by Gasteiger charge is 2.23. The fraction of sp³-hybridized carbons (Fsp3) is 0.0588. The molecule has 2 aromatic carbocycles. The fourth-order valence-electron chi connectivity index (χ4n) is 2.66. The van der Waals surface area contributed by atoms with Gasteiger partial charge in [-0.15, -0.1) is 0 Å². The van der Waals surface area contributed by atoms with Crippen LogP contribution in [0.2, 0.25) is 5.02 Å². The summed E-state index contributed by atoms with van der Waals surface area (Å²) >= 11 is 8.46. The van der Waals surface area contributed by atoms with Crippen molar-refractivity contribution < 1.29 is 0 Å². The number of aromatic nitrogens is 3. The number of allylic oxidation sites excluding steroid dienone is 1. The summed E-state index contributed by atoms with van der Waals surface area (Å²) in [6, 6.07) is 16.2. The highest BCUT2D eigenvalue weighted by molar-refractivity contribution is 14.1. The molecular weight excluding hydrogens is 423 g/mol. The zero-order valence-electron chi connectivity index (χ0n) is 11.9. The van der Waals surface area contributed by atoms with Crippen LogP contribution in [0.4, 0.5) is 5.95 Å². The van der Waals surface area contributed by atoms with Crippen molar-refractivity contribution in [2.24, 2.45) is 0 Å². The average Bonchev–Trinajstić information content (AvgIpc) is 3.03. The van der Waals surface area contributed by atoms with E-state index in [1.807, 2.05) is 22.9 Å². The van der Waals surface area contributed by atoms with Crippen LogP contribution >= 0.6 is 34.2 Å². The summed E-state index contributed by atoms with van der Waals surface area (Å²) in [5.74, 6) is 0.728. The summed E-state index contributed by atoms with van der Waals surface area (Å²) in [4.78, 5) is 4.31. The second-order valence-electron chi connectivity index (χ2n) is 5.24. The fourth-order valence-corrected chi connectivity index (χ4v) is 3.22. The molecule has 1 atom stereocenters. The third-order valence-electron chi connectivity index (χ3n) is 3.75. The lowest BCUT2D eigenvalue weighted by molar-refractivity contribution is 0.612. The molecule has 23 heavy (non-hydrogen) atoms. The standard InChI is InChI=1S/C17H12ClIN4/c18-13-3-1-2-12(8-13)16-9-15(11-4-6-14(19)7-5-11)22-17-20-10-21-23(16)17/h1-10,16H,(H,20,21,22). The van der Waals surface area contributed by atoms with Crippen molar-refractivity contribution in [1.29, 1.82) is 0 Å². The number of hydrogen-bond acceptors (Lipinski definition) is 3. The molecule has 0 amide bonds. The number of benzene rings is 2. The molecule has 1 unspecified atom stereocenters. The van der Waals surface area contributed by atoms with Crippen LogP contribution in [-0.2, 0) is 0 Å². The minimum atomic E-state index is -0.0401. The molecule has 1 aliphatic rings. The Bertz CT molecular complexity index is 886. The molecule has 6 heteroatoms. The summed E-state index contributed by atoms with van der Waals surface area (Å²) < 4.78 is 3.07. The Balaban J connectivity index is 1.81. The normalized spacial score (nSPS) is 16.4. The van der Waals surface area contributed by atoms with Crippen molar-refractivity contribution in [3.63, 3.8) is 0 Å². The lowest BCUT2D eigenvalue weighted by Crippen LogP contribution is -2.20. The monoisotopic (exact) mass is 434 g/mol. The van der Waals surface area contributed by atoms with Gasteiger partial charge < -0.3 is 5.32 Å². The lowest BCUT2D eigenvalue weighted by Gasteiger charge is -2.24. The Morgan fingerprint density at radius 2 is 1.96 bits per heavy atom. The second kappa shape index (κ2) is 5.98. The van der Waals surface area contributed by atoms with E-state index in [-0.39, 0.29) is 6.04 Å². The number of anilines is 1. The van der Waals surface area contributed by atoms with Crippen LogP contribution in [0.3, 0.4) is 0 Å². The molecule has 1 aliphatic heterocycles. The lowest BCUT2D eigenvalue weighted by atomic mass is 10.0. The molecule has 3 aromatic rings. The maximum atomic E-state index is 6.15. The number of hydrogen-bond donors (Lipinski definition) is 1. The van der Waals surface area contributed by atoms with Crippen LogP contribution in [0.1, 0.15) is 17.2 Å². The Morgan fingerprint density at radius 1 is 1.13 bits per heavy atom. The Hall–Kier alpha value is -1.86. The first-order chi connectivity index (χ1) is 11.2. The summed E-state index contributed by atoms with van der Waals surface area (Å²) in [5, 5.41) is 8.40. The Kier molecular flexibility index (Phi) is 3.82. The van der Waals surface area contributed by atoms with Gasteiger partial charge in [0.25, 0.3) is 0 Å². The van der Waals surface area contributed by atoms with Gasteiger partial charge in [-0.3, -0.25) is 0 Å². The number of fused-ring (bicyclic) bond motifs is 1. The van der Waals surface area contributed by atoms with E-state index in [9.17, 15) is 0 Å². The van der Waals surface area contributed by atoms with Gasteiger partial charge in [-0.2, -0.15) is 10.1 Å². The highest BCUT2D eigenvalue weighted by Crippen LogP contribution is 2.32. The van der Waals surface area contributed by atoms with Gasteiger partial charge in [-0.05, 0) is 64.1 Å². The number of nitrogens with one attached hydrogen (secondary N) is 1. The zero-order valence-corrected chi connectivity index (χ0v) is 14.9. The van der Waals surface area contributed by atoms with Gasteiger partial charge in [0.2, 0.25) is 5.95 Å². The third-order valence-corrected chi connectivity index (χ3v) is 4.71. The first-order valence-corrected chi connectivity index (χ1v) is 8.56. The third kappa shape index (κ3) is 2.86. The molecule has 114 valence electrons. The average molecular weight is 435 g/mol. The zero-order chi connectivity index (χ0) is 15.8. The van der Waals surface area contributed by atoms with Gasteiger partial charge in [0.05, 0.1) is 0 Å². The smallest absolute Gasteiger partial charge is 0.226 e. The van der Waals surface area contributed by atoms with Gasteiger partial charge in [0.15, 0.2) is 0 Å². The largest absolute Gasteiger partial charge is 0.324 e. The molecule has 0 bridgehead atoms. The van der Waals surface area contributed by atoms with Crippen molar-refractivity contribution in [2.45, 2.75) is 6.04 Å². The first kappa shape index (κ1) is 14.7. The van der Waals surface area contributed by atoms with E-state index in [4.69, 9.17) is 11.6 Å².